The fourth-order valence-electron chi connectivity index (χ4n) is 0.944. The molecule has 0 heterocycles. The number of rotatable bonds is 6. The molecule has 0 saturated carbocycles. The van der Waals surface area contributed by atoms with Crippen LogP contribution in [0.5, 0.6) is 0 Å². The lowest BCUT2D eigenvalue weighted by molar-refractivity contribution is -0.156. The first kappa shape index (κ1) is 12.1. The quantitative estimate of drug-likeness (QED) is 0.328. The van der Waals surface area contributed by atoms with Crippen molar-refractivity contribution in [3.8, 4) is 0 Å². The molecule has 0 aliphatic rings. The molecule has 4 heteroatoms. The van der Waals surface area contributed by atoms with Crippen molar-refractivity contribution in [1.29, 1.82) is 0 Å². The normalized spacial score (nSPS) is 11.3. The number of carboxylic acid groups (broad SMARTS) is 1. The van der Waals surface area contributed by atoms with Gasteiger partial charge in [-0.3, -0.25) is 0 Å². The molecule has 0 aromatic heterocycles. The van der Waals surface area contributed by atoms with E-state index in [0.29, 0.717) is 6.42 Å². The molecule has 0 aromatic rings. The molecule has 13 heavy (non-hydrogen) atoms. The van der Waals surface area contributed by atoms with E-state index in [2.05, 4.69) is 6.58 Å². The Morgan fingerprint density at radius 3 is 2.31 bits per heavy atom. The third-order valence-electron chi connectivity index (χ3n) is 1.87. The van der Waals surface area contributed by atoms with E-state index in [1.54, 1.807) is 0 Å². The molecule has 3 N–H and O–H groups in total. The molecule has 0 rings (SSSR count). The first-order chi connectivity index (χ1) is 5.91. The molecule has 0 radical (unpaired) electrons. The highest BCUT2D eigenvalue weighted by atomic mass is 16.5. The van der Waals surface area contributed by atoms with Crippen molar-refractivity contribution in [3.63, 3.8) is 0 Å². The van der Waals surface area contributed by atoms with E-state index in [-0.39, 0.29) is 6.42 Å². The average molecular weight is 188 g/mol. The molecular formula is C9H16O4. The Kier molecular flexibility index (Phi) is 4.66. The average Bonchev–Trinajstić information content (AvgIpc) is 2.03. The predicted octanol–water partition coefficient (Wildman–Crippen LogP) is 0.888. The van der Waals surface area contributed by atoms with E-state index in [4.69, 9.17) is 5.11 Å². The molecular weight excluding hydrogens is 172 g/mol. The van der Waals surface area contributed by atoms with E-state index in [9.17, 15) is 15.0 Å². The van der Waals surface area contributed by atoms with Gasteiger partial charge in [-0.1, -0.05) is 26.3 Å². The summed E-state index contributed by atoms with van der Waals surface area (Å²) in [6, 6.07) is 0. The van der Waals surface area contributed by atoms with E-state index < -0.39 is 17.3 Å². The zero-order valence-electron chi connectivity index (χ0n) is 7.79. The Hall–Kier alpha value is -0.870. The molecule has 0 saturated heterocycles. The monoisotopic (exact) mass is 188 g/mol. The lowest BCUT2D eigenvalue weighted by atomic mass is 10.0. The third-order valence-corrected chi connectivity index (χ3v) is 1.87. The first-order valence-electron chi connectivity index (χ1n) is 4.29. The minimum Gasteiger partial charge on any atom is -0.478 e. The zero-order chi connectivity index (χ0) is 10.5. The van der Waals surface area contributed by atoms with Crippen LogP contribution in [0.3, 0.4) is 0 Å². The maximum atomic E-state index is 10.4. The molecule has 0 bridgehead atoms. The van der Waals surface area contributed by atoms with Crippen LogP contribution in [0, 0.1) is 0 Å². The zero-order valence-corrected chi connectivity index (χ0v) is 7.79. The van der Waals surface area contributed by atoms with Gasteiger partial charge in [0.25, 0.3) is 0 Å². The maximum absolute atomic E-state index is 10.4. The largest absolute Gasteiger partial charge is 0.478 e. The molecule has 0 aromatic carbocycles. The van der Waals surface area contributed by atoms with Gasteiger partial charge in [-0.05, 0) is 6.42 Å². The summed E-state index contributed by atoms with van der Waals surface area (Å²) in [6.07, 6.45) is 2.38. The summed E-state index contributed by atoms with van der Waals surface area (Å²) in [5.74, 6) is -3.64. The summed E-state index contributed by atoms with van der Waals surface area (Å²) in [4.78, 5) is 10.4. The van der Waals surface area contributed by atoms with Crippen LogP contribution in [0.1, 0.15) is 32.6 Å². The summed E-state index contributed by atoms with van der Waals surface area (Å²) in [6.45, 7) is 5.08. The number of carbonyl (C=O) groups is 1. The Balaban J connectivity index is 4.06. The Labute approximate surface area is 77.5 Å². The fourth-order valence-corrected chi connectivity index (χ4v) is 0.944. The van der Waals surface area contributed by atoms with Crippen molar-refractivity contribution in [2.75, 3.05) is 0 Å². The van der Waals surface area contributed by atoms with Gasteiger partial charge in [0.1, 0.15) is 0 Å². The highest BCUT2D eigenvalue weighted by molar-refractivity contribution is 5.87. The van der Waals surface area contributed by atoms with E-state index in [0.717, 1.165) is 12.8 Å². The van der Waals surface area contributed by atoms with E-state index in [1.165, 1.54) is 0 Å². The van der Waals surface area contributed by atoms with Crippen molar-refractivity contribution in [3.05, 3.63) is 12.2 Å². The molecule has 0 atom stereocenters. The molecule has 0 spiro atoms. The summed E-state index contributed by atoms with van der Waals surface area (Å²) in [7, 11) is 0. The van der Waals surface area contributed by atoms with Gasteiger partial charge >= 0.3 is 5.97 Å². The maximum Gasteiger partial charge on any atom is 0.336 e. The highest BCUT2D eigenvalue weighted by Gasteiger charge is 2.30. The van der Waals surface area contributed by atoms with Crippen LogP contribution in [-0.4, -0.2) is 27.1 Å². The van der Waals surface area contributed by atoms with Crippen LogP contribution in [0.2, 0.25) is 0 Å². The van der Waals surface area contributed by atoms with Crippen LogP contribution in [0.15, 0.2) is 12.2 Å². The molecule has 0 amide bonds. The van der Waals surface area contributed by atoms with E-state index >= 15 is 0 Å². The van der Waals surface area contributed by atoms with Crippen LogP contribution < -0.4 is 0 Å². The van der Waals surface area contributed by atoms with Crippen molar-refractivity contribution < 1.29 is 20.1 Å². The second kappa shape index (κ2) is 4.99. The predicted molar refractivity (Wildman–Crippen MR) is 48.1 cm³/mol. The standard InChI is InChI=1S/C9H16O4/c1-3-4-5-6-9(12,13)7(2)8(10)11/h12-13H,2-6H2,1H3,(H,10,11). The minimum absolute atomic E-state index is 0.0198. The van der Waals surface area contributed by atoms with Crippen molar-refractivity contribution in [1.82, 2.24) is 0 Å². The SMILES string of the molecule is C=C(C(=O)O)C(O)(O)CCCCC. The summed E-state index contributed by atoms with van der Waals surface area (Å²) < 4.78 is 0. The van der Waals surface area contributed by atoms with E-state index in [1.807, 2.05) is 6.92 Å². The van der Waals surface area contributed by atoms with Crippen LogP contribution in [0.4, 0.5) is 0 Å². The summed E-state index contributed by atoms with van der Waals surface area (Å²) in [5, 5.41) is 27.0. The van der Waals surface area contributed by atoms with Crippen molar-refractivity contribution in [2.45, 2.75) is 38.4 Å². The molecule has 0 aliphatic heterocycles. The van der Waals surface area contributed by atoms with Crippen LogP contribution in [-0.2, 0) is 4.79 Å². The molecule has 4 nitrogen and oxygen atoms in total. The van der Waals surface area contributed by atoms with Crippen LogP contribution >= 0.6 is 0 Å². The second-order valence-electron chi connectivity index (χ2n) is 3.06. The third kappa shape index (κ3) is 4.05. The van der Waals surface area contributed by atoms with Gasteiger partial charge in [-0.15, -0.1) is 0 Å². The molecule has 0 aliphatic carbocycles. The number of hydrogen-bond donors (Lipinski definition) is 3. The number of unbranched alkanes of at least 4 members (excludes halogenated alkanes) is 2. The Morgan fingerprint density at radius 2 is 1.92 bits per heavy atom. The minimum atomic E-state index is -2.26. The van der Waals surface area contributed by atoms with Gasteiger partial charge in [0.05, 0.1) is 5.57 Å². The first-order valence-corrected chi connectivity index (χ1v) is 4.29. The highest BCUT2D eigenvalue weighted by Crippen LogP contribution is 2.19. The van der Waals surface area contributed by atoms with Gasteiger partial charge < -0.3 is 15.3 Å². The lowest BCUT2D eigenvalue weighted by Crippen LogP contribution is -2.33. The smallest absolute Gasteiger partial charge is 0.336 e. The Bertz CT molecular complexity index is 196. The van der Waals surface area contributed by atoms with Crippen molar-refractivity contribution >= 4 is 5.97 Å². The van der Waals surface area contributed by atoms with Gasteiger partial charge in [0.15, 0.2) is 5.79 Å². The number of aliphatic carboxylic acids is 1. The topological polar surface area (TPSA) is 77.8 Å². The van der Waals surface area contributed by atoms with Gasteiger partial charge in [-0.2, -0.15) is 0 Å². The number of carboxylic acids is 1. The molecule has 76 valence electrons. The fraction of sp³-hybridized carbons (Fsp3) is 0.667. The van der Waals surface area contributed by atoms with Gasteiger partial charge in [0, 0.05) is 6.42 Å². The number of aliphatic hydroxyl groups is 2. The van der Waals surface area contributed by atoms with Gasteiger partial charge in [-0.25, -0.2) is 4.79 Å². The molecule has 0 fully saturated rings. The molecule has 0 unspecified atom stereocenters. The van der Waals surface area contributed by atoms with Crippen LogP contribution in [0.25, 0.3) is 0 Å². The van der Waals surface area contributed by atoms with Gasteiger partial charge in [0.2, 0.25) is 0 Å². The lowest BCUT2D eigenvalue weighted by Gasteiger charge is -2.21. The summed E-state index contributed by atoms with van der Waals surface area (Å²) in [5.41, 5.74) is -0.566. The Morgan fingerprint density at radius 1 is 1.38 bits per heavy atom. The van der Waals surface area contributed by atoms with Crippen molar-refractivity contribution in [2.24, 2.45) is 0 Å². The second-order valence-corrected chi connectivity index (χ2v) is 3.06. The summed E-state index contributed by atoms with van der Waals surface area (Å²) >= 11 is 0. The number of hydrogen-bond acceptors (Lipinski definition) is 3.